The molecular formula is C13H16ClFN2O3. The summed E-state index contributed by atoms with van der Waals surface area (Å²) < 4.78 is 13.4. The fraction of sp³-hybridized carbons (Fsp3) is 0.538. The molecule has 0 aliphatic carbocycles. The number of halogens is 2. The second kappa shape index (κ2) is 5.93. The highest BCUT2D eigenvalue weighted by Crippen LogP contribution is 2.35. The van der Waals surface area contributed by atoms with Crippen molar-refractivity contribution in [3.05, 3.63) is 33.1 Å². The Morgan fingerprint density at radius 3 is 2.60 bits per heavy atom. The Hall–Kier alpha value is -1.40. The quantitative estimate of drug-likeness (QED) is 0.688. The van der Waals surface area contributed by atoms with Gasteiger partial charge in [-0.05, 0) is 31.7 Å². The molecule has 1 aliphatic rings. The number of piperidine rings is 1. The van der Waals surface area contributed by atoms with Gasteiger partial charge in [0.25, 0.3) is 5.69 Å². The van der Waals surface area contributed by atoms with Crippen LogP contribution in [0.2, 0.25) is 5.02 Å². The highest BCUT2D eigenvalue weighted by atomic mass is 35.5. The Morgan fingerprint density at radius 2 is 2.10 bits per heavy atom. The predicted octanol–water partition coefficient (Wildman–Crippen LogP) is 2.98. The van der Waals surface area contributed by atoms with Crippen LogP contribution in [0.3, 0.4) is 0 Å². The van der Waals surface area contributed by atoms with Crippen LogP contribution in [0.5, 0.6) is 0 Å². The molecule has 5 nitrogen and oxygen atoms in total. The minimum Gasteiger partial charge on any atom is -0.393 e. The standard InChI is InChI=1S/C13H16ClFN2O3/c1-8(18)9-2-4-16(5-3-9)12-6-10(14)11(15)7-13(12)17(19)20/h6-9,18H,2-5H2,1H3. The third kappa shape index (κ3) is 3.02. The average molecular weight is 303 g/mol. The summed E-state index contributed by atoms with van der Waals surface area (Å²) in [6, 6.07) is 2.16. The van der Waals surface area contributed by atoms with Crippen LogP contribution < -0.4 is 4.90 Å². The van der Waals surface area contributed by atoms with E-state index in [-0.39, 0.29) is 22.7 Å². The smallest absolute Gasteiger partial charge is 0.295 e. The van der Waals surface area contributed by atoms with Crippen molar-refractivity contribution in [2.45, 2.75) is 25.9 Å². The number of aliphatic hydroxyl groups is 1. The maximum atomic E-state index is 13.4. The molecule has 20 heavy (non-hydrogen) atoms. The van der Waals surface area contributed by atoms with Crippen LogP contribution in [0.25, 0.3) is 0 Å². The molecule has 0 radical (unpaired) electrons. The van der Waals surface area contributed by atoms with Gasteiger partial charge in [0.05, 0.1) is 22.1 Å². The van der Waals surface area contributed by atoms with Gasteiger partial charge >= 0.3 is 0 Å². The molecule has 1 saturated heterocycles. The van der Waals surface area contributed by atoms with E-state index in [1.54, 1.807) is 6.92 Å². The molecule has 1 N–H and O–H groups in total. The second-order valence-corrected chi connectivity index (χ2v) is 5.48. The number of hydrogen-bond acceptors (Lipinski definition) is 4. The number of nitrogens with zero attached hydrogens (tertiary/aromatic N) is 2. The summed E-state index contributed by atoms with van der Waals surface area (Å²) in [4.78, 5) is 12.2. The lowest BCUT2D eigenvalue weighted by molar-refractivity contribution is -0.384. The summed E-state index contributed by atoms with van der Waals surface area (Å²) in [6.45, 7) is 2.91. The molecule has 1 heterocycles. The highest BCUT2D eigenvalue weighted by molar-refractivity contribution is 6.31. The van der Waals surface area contributed by atoms with E-state index in [2.05, 4.69) is 0 Å². The number of anilines is 1. The van der Waals surface area contributed by atoms with Gasteiger partial charge in [-0.1, -0.05) is 11.6 Å². The molecule has 0 spiro atoms. The molecule has 0 saturated carbocycles. The molecule has 0 bridgehead atoms. The first kappa shape index (κ1) is 15.0. The molecule has 1 unspecified atom stereocenters. The van der Waals surface area contributed by atoms with E-state index in [9.17, 15) is 19.6 Å². The lowest BCUT2D eigenvalue weighted by Gasteiger charge is -2.34. The first-order valence-electron chi connectivity index (χ1n) is 6.46. The molecule has 1 aromatic carbocycles. The molecule has 0 amide bonds. The summed E-state index contributed by atoms with van der Waals surface area (Å²) in [7, 11) is 0. The minimum absolute atomic E-state index is 0.122. The molecule has 1 aromatic rings. The zero-order valence-electron chi connectivity index (χ0n) is 11.1. The summed E-state index contributed by atoms with van der Waals surface area (Å²) in [5.74, 6) is -0.595. The third-order valence-electron chi connectivity index (χ3n) is 3.78. The van der Waals surface area contributed by atoms with Crippen molar-refractivity contribution in [1.29, 1.82) is 0 Å². The Kier molecular flexibility index (Phi) is 4.45. The van der Waals surface area contributed by atoms with Gasteiger partial charge in [-0.3, -0.25) is 10.1 Å². The maximum Gasteiger partial charge on any atom is 0.295 e. The van der Waals surface area contributed by atoms with Crippen molar-refractivity contribution in [3.63, 3.8) is 0 Å². The van der Waals surface area contributed by atoms with Gasteiger partial charge in [-0.2, -0.15) is 0 Å². The summed E-state index contributed by atoms with van der Waals surface area (Å²) in [5.41, 5.74) is 0.0628. The first-order chi connectivity index (χ1) is 9.40. The SMILES string of the molecule is CC(O)C1CCN(c2cc(Cl)c(F)cc2[N+](=O)[O-])CC1. The van der Waals surface area contributed by atoms with Gasteiger partial charge in [0.15, 0.2) is 0 Å². The van der Waals surface area contributed by atoms with E-state index in [0.29, 0.717) is 18.8 Å². The van der Waals surface area contributed by atoms with Crippen LogP contribution in [0, 0.1) is 21.8 Å². The Balaban J connectivity index is 2.25. The van der Waals surface area contributed by atoms with Crippen LogP contribution in [0.15, 0.2) is 12.1 Å². The van der Waals surface area contributed by atoms with Gasteiger partial charge < -0.3 is 10.0 Å². The van der Waals surface area contributed by atoms with Gasteiger partial charge in [0, 0.05) is 13.1 Å². The zero-order valence-corrected chi connectivity index (χ0v) is 11.8. The van der Waals surface area contributed by atoms with E-state index in [1.165, 1.54) is 6.07 Å². The summed E-state index contributed by atoms with van der Waals surface area (Å²) in [6.07, 6.45) is 1.09. The molecule has 7 heteroatoms. The topological polar surface area (TPSA) is 66.6 Å². The van der Waals surface area contributed by atoms with Crippen LogP contribution in [0.1, 0.15) is 19.8 Å². The number of benzene rings is 1. The van der Waals surface area contributed by atoms with Gasteiger partial charge in [0.1, 0.15) is 11.5 Å². The van der Waals surface area contributed by atoms with Crippen LogP contribution >= 0.6 is 11.6 Å². The number of nitro benzene ring substituents is 1. The summed E-state index contributed by atoms with van der Waals surface area (Å²) >= 11 is 5.72. The van der Waals surface area contributed by atoms with E-state index < -0.39 is 10.7 Å². The molecule has 1 atom stereocenters. The monoisotopic (exact) mass is 302 g/mol. The van der Waals surface area contributed by atoms with Crippen LogP contribution in [-0.2, 0) is 0 Å². The molecule has 1 aliphatic heterocycles. The van der Waals surface area contributed by atoms with E-state index in [4.69, 9.17) is 11.6 Å². The molecule has 0 aromatic heterocycles. The lowest BCUT2D eigenvalue weighted by Crippen LogP contribution is -2.37. The Bertz CT molecular complexity index is 517. The Morgan fingerprint density at radius 1 is 1.50 bits per heavy atom. The van der Waals surface area contributed by atoms with Gasteiger partial charge in [0.2, 0.25) is 0 Å². The molecule has 2 rings (SSSR count). The largest absolute Gasteiger partial charge is 0.393 e. The highest BCUT2D eigenvalue weighted by Gasteiger charge is 2.28. The van der Waals surface area contributed by atoms with Crippen LogP contribution in [-0.4, -0.2) is 29.2 Å². The van der Waals surface area contributed by atoms with Crippen molar-refractivity contribution in [3.8, 4) is 0 Å². The summed E-state index contributed by atoms with van der Waals surface area (Å²) in [5, 5.41) is 20.5. The van der Waals surface area contributed by atoms with Crippen molar-refractivity contribution in [2.24, 2.45) is 5.92 Å². The number of rotatable bonds is 3. The van der Waals surface area contributed by atoms with E-state index >= 15 is 0 Å². The number of aliphatic hydroxyl groups excluding tert-OH is 1. The second-order valence-electron chi connectivity index (χ2n) is 5.08. The molecule has 1 fully saturated rings. The normalized spacial score (nSPS) is 18.1. The molecular weight excluding hydrogens is 287 g/mol. The fourth-order valence-corrected chi connectivity index (χ4v) is 2.71. The van der Waals surface area contributed by atoms with Crippen molar-refractivity contribution < 1.29 is 14.4 Å². The van der Waals surface area contributed by atoms with Crippen LogP contribution in [0.4, 0.5) is 15.8 Å². The average Bonchev–Trinajstić information content (AvgIpc) is 2.41. The maximum absolute atomic E-state index is 13.4. The van der Waals surface area contributed by atoms with Crippen molar-refractivity contribution in [2.75, 3.05) is 18.0 Å². The Labute approximate surface area is 121 Å². The van der Waals surface area contributed by atoms with Gasteiger partial charge in [-0.25, -0.2) is 4.39 Å². The molecule has 110 valence electrons. The third-order valence-corrected chi connectivity index (χ3v) is 4.07. The zero-order chi connectivity index (χ0) is 14.9. The lowest BCUT2D eigenvalue weighted by atomic mass is 9.92. The van der Waals surface area contributed by atoms with Crippen molar-refractivity contribution >= 4 is 23.0 Å². The van der Waals surface area contributed by atoms with E-state index in [0.717, 1.165) is 18.9 Å². The first-order valence-corrected chi connectivity index (χ1v) is 6.84. The predicted molar refractivity (Wildman–Crippen MR) is 74.7 cm³/mol. The van der Waals surface area contributed by atoms with E-state index in [1.807, 2.05) is 4.90 Å². The van der Waals surface area contributed by atoms with Crippen molar-refractivity contribution in [1.82, 2.24) is 0 Å². The number of nitro groups is 1. The van der Waals surface area contributed by atoms with Gasteiger partial charge in [-0.15, -0.1) is 0 Å². The number of hydrogen-bond donors (Lipinski definition) is 1. The minimum atomic E-state index is -0.791. The fourth-order valence-electron chi connectivity index (χ4n) is 2.55.